The van der Waals surface area contributed by atoms with Crippen molar-refractivity contribution in [3.05, 3.63) is 12.7 Å². The number of nitrogens with zero attached hydrogens (tertiary/aromatic N) is 1. The van der Waals surface area contributed by atoms with Crippen LogP contribution in [0.25, 0.3) is 0 Å². The lowest BCUT2D eigenvalue weighted by Crippen LogP contribution is -2.24. The van der Waals surface area contributed by atoms with Crippen molar-refractivity contribution in [1.29, 1.82) is 5.26 Å². The number of nitriles is 1. The SMILES string of the molecule is C=CCC(C)(C#N)C(=O)O. The standard InChI is InChI=1S/C7H9NO2/c1-3-4-7(2,5-8)6(9)10/h3H,1,4H2,2H3,(H,9,10). The molecular weight excluding hydrogens is 130 g/mol. The number of hydrogen-bond donors (Lipinski definition) is 1. The predicted octanol–water partition coefficient (Wildman–Crippen LogP) is 1.18. The van der Waals surface area contributed by atoms with Crippen LogP contribution in [-0.4, -0.2) is 11.1 Å². The van der Waals surface area contributed by atoms with E-state index in [2.05, 4.69) is 6.58 Å². The van der Waals surface area contributed by atoms with E-state index in [1.807, 2.05) is 0 Å². The van der Waals surface area contributed by atoms with E-state index < -0.39 is 11.4 Å². The molecule has 10 heavy (non-hydrogen) atoms. The third kappa shape index (κ3) is 1.59. The molecule has 3 nitrogen and oxygen atoms in total. The molecule has 0 radical (unpaired) electrons. The Balaban J connectivity index is 4.42. The summed E-state index contributed by atoms with van der Waals surface area (Å²) in [6.07, 6.45) is 1.61. The predicted molar refractivity (Wildman–Crippen MR) is 36.2 cm³/mol. The molecule has 0 saturated heterocycles. The van der Waals surface area contributed by atoms with E-state index in [1.165, 1.54) is 13.0 Å². The Hall–Kier alpha value is -1.30. The molecule has 3 heteroatoms. The van der Waals surface area contributed by atoms with Crippen LogP contribution >= 0.6 is 0 Å². The summed E-state index contributed by atoms with van der Waals surface area (Å²) in [4.78, 5) is 10.4. The number of allylic oxidation sites excluding steroid dienone is 1. The molecule has 0 aliphatic rings. The van der Waals surface area contributed by atoms with E-state index in [1.54, 1.807) is 6.07 Å². The second kappa shape index (κ2) is 3.02. The molecule has 1 atom stereocenters. The molecule has 0 aliphatic heterocycles. The van der Waals surface area contributed by atoms with Gasteiger partial charge in [0.25, 0.3) is 0 Å². The van der Waals surface area contributed by atoms with E-state index in [-0.39, 0.29) is 6.42 Å². The van der Waals surface area contributed by atoms with E-state index in [4.69, 9.17) is 10.4 Å². The van der Waals surface area contributed by atoms with Gasteiger partial charge in [0.15, 0.2) is 5.41 Å². The first-order valence-corrected chi connectivity index (χ1v) is 2.82. The van der Waals surface area contributed by atoms with Crippen LogP contribution in [0.1, 0.15) is 13.3 Å². The highest BCUT2D eigenvalue weighted by Crippen LogP contribution is 2.20. The summed E-state index contributed by atoms with van der Waals surface area (Å²) in [5.74, 6) is -1.10. The zero-order valence-corrected chi connectivity index (χ0v) is 5.79. The molecule has 0 rings (SSSR count). The fourth-order valence-corrected chi connectivity index (χ4v) is 0.469. The summed E-state index contributed by atoms with van der Waals surface area (Å²) in [7, 11) is 0. The first-order valence-electron chi connectivity index (χ1n) is 2.82. The van der Waals surface area contributed by atoms with Crippen molar-refractivity contribution in [2.75, 3.05) is 0 Å². The van der Waals surface area contributed by atoms with Crippen LogP contribution in [0.2, 0.25) is 0 Å². The van der Waals surface area contributed by atoms with Crippen LogP contribution in [0.4, 0.5) is 0 Å². The Labute approximate surface area is 59.6 Å². The zero-order chi connectivity index (χ0) is 8.20. The molecular formula is C7H9NO2. The van der Waals surface area contributed by atoms with E-state index in [9.17, 15) is 4.79 Å². The van der Waals surface area contributed by atoms with Crippen LogP contribution in [0.5, 0.6) is 0 Å². The number of carboxylic acid groups (broad SMARTS) is 1. The Bertz CT molecular complexity index is 192. The molecule has 0 amide bonds. The maximum atomic E-state index is 10.4. The highest BCUT2D eigenvalue weighted by molar-refractivity contribution is 5.77. The maximum Gasteiger partial charge on any atom is 0.324 e. The summed E-state index contributed by atoms with van der Waals surface area (Å²) in [5.41, 5.74) is -1.30. The second-order valence-corrected chi connectivity index (χ2v) is 2.24. The number of aliphatic carboxylic acids is 1. The minimum Gasteiger partial charge on any atom is -0.480 e. The van der Waals surface area contributed by atoms with Gasteiger partial charge in [0.05, 0.1) is 6.07 Å². The van der Waals surface area contributed by atoms with Crippen molar-refractivity contribution >= 4 is 5.97 Å². The van der Waals surface area contributed by atoms with Gasteiger partial charge in [-0.25, -0.2) is 0 Å². The van der Waals surface area contributed by atoms with Crippen LogP contribution in [-0.2, 0) is 4.79 Å². The first-order chi connectivity index (χ1) is 4.56. The Morgan fingerprint density at radius 3 is 2.60 bits per heavy atom. The van der Waals surface area contributed by atoms with Gasteiger partial charge in [0.2, 0.25) is 0 Å². The minimum atomic E-state index is -1.30. The molecule has 0 saturated carbocycles. The largest absolute Gasteiger partial charge is 0.480 e. The Kier molecular flexibility index (Phi) is 2.63. The van der Waals surface area contributed by atoms with Crippen molar-refractivity contribution in [3.8, 4) is 6.07 Å². The number of hydrogen-bond acceptors (Lipinski definition) is 2. The van der Waals surface area contributed by atoms with Gasteiger partial charge >= 0.3 is 5.97 Å². The van der Waals surface area contributed by atoms with Crippen molar-refractivity contribution in [2.24, 2.45) is 5.41 Å². The van der Waals surface area contributed by atoms with E-state index in [0.29, 0.717) is 0 Å². The monoisotopic (exact) mass is 139 g/mol. The minimum absolute atomic E-state index is 0.179. The molecule has 0 fully saturated rings. The molecule has 0 aromatic carbocycles. The molecule has 54 valence electrons. The topological polar surface area (TPSA) is 61.1 Å². The first kappa shape index (κ1) is 8.70. The second-order valence-electron chi connectivity index (χ2n) is 2.24. The molecule has 0 aliphatic carbocycles. The summed E-state index contributed by atoms with van der Waals surface area (Å²) in [6, 6.07) is 1.71. The number of carboxylic acids is 1. The van der Waals surface area contributed by atoms with Crippen LogP contribution in [0.15, 0.2) is 12.7 Å². The average molecular weight is 139 g/mol. The fourth-order valence-electron chi connectivity index (χ4n) is 0.469. The summed E-state index contributed by atoms with van der Waals surface area (Å²) in [5, 5.41) is 16.9. The third-order valence-electron chi connectivity index (χ3n) is 1.27. The van der Waals surface area contributed by atoms with Crippen LogP contribution < -0.4 is 0 Å². The lowest BCUT2D eigenvalue weighted by molar-refractivity contribution is -0.144. The van der Waals surface area contributed by atoms with Gasteiger partial charge in [0.1, 0.15) is 0 Å². The number of carbonyl (C=O) groups is 1. The Morgan fingerprint density at radius 1 is 2.00 bits per heavy atom. The van der Waals surface area contributed by atoms with E-state index in [0.717, 1.165) is 0 Å². The highest BCUT2D eigenvalue weighted by atomic mass is 16.4. The van der Waals surface area contributed by atoms with Gasteiger partial charge in [-0.2, -0.15) is 5.26 Å². The summed E-state index contributed by atoms with van der Waals surface area (Å²) < 4.78 is 0. The Morgan fingerprint density at radius 2 is 2.50 bits per heavy atom. The quantitative estimate of drug-likeness (QED) is 0.597. The van der Waals surface area contributed by atoms with Crippen LogP contribution in [0.3, 0.4) is 0 Å². The molecule has 0 heterocycles. The zero-order valence-electron chi connectivity index (χ0n) is 5.79. The average Bonchev–Trinajstić information content (AvgIpc) is 1.88. The molecule has 0 bridgehead atoms. The van der Waals surface area contributed by atoms with Gasteiger partial charge in [-0.15, -0.1) is 6.58 Å². The smallest absolute Gasteiger partial charge is 0.324 e. The summed E-state index contributed by atoms with van der Waals surface area (Å²) >= 11 is 0. The highest BCUT2D eigenvalue weighted by Gasteiger charge is 2.31. The lowest BCUT2D eigenvalue weighted by atomic mass is 9.89. The van der Waals surface area contributed by atoms with Gasteiger partial charge < -0.3 is 5.11 Å². The molecule has 1 unspecified atom stereocenters. The maximum absolute atomic E-state index is 10.4. The van der Waals surface area contributed by atoms with Crippen molar-refractivity contribution < 1.29 is 9.90 Å². The molecule has 0 aromatic rings. The van der Waals surface area contributed by atoms with Gasteiger partial charge in [-0.1, -0.05) is 6.08 Å². The fraction of sp³-hybridized carbons (Fsp3) is 0.429. The van der Waals surface area contributed by atoms with Gasteiger partial charge in [-0.05, 0) is 13.3 Å². The molecule has 0 aromatic heterocycles. The summed E-state index contributed by atoms with van der Waals surface area (Å²) in [6.45, 7) is 4.73. The van der Waals surface area contributed by atoms with Gasteiger partial charge in [-0.3, -0.25) is 4.79 Å². The normalized spacial score (nSPS) is 14.8. The van der Waals surface area contributed by atoms with E-state index >= 15 is 0 Å². The van der Waals surface area contributed by atoms with Crippen molar-refractivity contribution in [3.63, 3.8) is 0 Å². The van der Waals surface area contributed by atoms with Crippen LogP contribution in [0, 0.1) is 16.7 Å². The van der Waals surface area contributed by atoms with Gasteiger partial charge in [0, 0.05) is 0 Å². The number of rotatable bonds is 3. The lowest BCUT2D eigenvalue weighted by Gasteiger charge is -2.11. The van der Waals surface area contributed by atoms with Crippen molar-refractivity contribution in [2.45, 2.75) is 13.3 Å². The molecule has 0 spiro atoms. The van der Waals surface area contributed by atoms with Crippen molar-refractivity contribution in [1.82, 2.24) is 0 Å². The third-order valence-corrected chi connectivity index (χ3v) is 1.27. The molecule has 1 N–H and O–H groups in total.